The molecule has 0 aliphatic rings. The number of aryl methyl sites for hydroxylation is 1. The molecule has 1 aromatic rings. The third-order valence-corrected chi connectivity index (χ3v) is 5.26. The number of benzene rings is 1. The van der Waals surface area contributed by atoms with Crippen LogP contribution >= 0.6 is 11.8 Å². The van der Waals surface area contributed by atoms with Crippen LogP contribution in [-0.2, 0) is 0 Å². The Labute approximate surface area is 129 Å². The Kier molecular flexibility index (Phi) is 8.27. The van der Waals surface area contributed by atoms with Crippen molar-refractivity contribution >= 4 is 11.8 Å². The Morgan fingerprint density at radius 2 is 1.70 bits per heavy atom. The molecule has 3 heteroatoms. The minimum Gasteiger partial charge on any atom is -0.326 e. The first-order valence-corrected chi connectivity index (χ1v) is 8.83. The molecular formula is C17H30N2S. The molecule has 0 aliphatic carbocycles. The molecule has 2 N–H and O–H groups in total. The average Bonchev–Trinajstić information content (AvgIpc) is 2.48. The van der Waals surface area contributed by atoms with Crippen molar-refractivity contribution < 1.29 is 0 Å². The molecule has 0 saturated heterocycles. The molecule has 1 rings (SSSR count). The summed E-state index contributed by atoms with van der Waals surface area (Å²) in [6.45, 7) is 12.2. The third-order valence-electron chi connectivity index (χ3n) is 3.87. The second-order valence-electron chi connectivity index (χ2n) is 5.30. The Bertz CT molecular complexity index is 360. The highest BCUT2D eigenvalue weighted by molar-refractivity contribution is 7.99. The number of nitrogens with zero attached hydrogens (tertiary/aromatic N) is 1. The van der Waals surface area contributed by atoms with E-state index >= 15 is 0 Å². The van der Waals surface area contributed by atoms with Gasteiger partial charge < -0.3 is 10.6 Å². The standard InChI is InChI=1S/C17H30N2S/c1-5-16(18)17(15-10-8-14(4)9-11-15)20-13-12-19(6-2)7-3/h8-11,16-17H,5-7,12-13,18H2,1-4H3. The fraction of sp³-hybridized carbons (Fsp3) is 0.647. The van der Waals surface area contributed by atoms with Crippen LogP contribution in [-0.4, -0.2) is 36.3 Å². The monoisotopic (exact) mass is 294 g/mol. The molecule has 20 heavy (non-hydrogen) atoms. The number of nitrogens with two attached hydrogens (primary N) is 1. The third kappa shape index (κ3) is 5.47. The fourth-order valence-electron chi connectivity index (χ4n) is 2.29. The molecule has 0 fully saturated rings. The van der Waals surface area contributed by atoms with Gasteiger partial charge in [-0.1, -0.05) is 50.6 Å². The van der Waals surface area contributed by atoms with Crippen molar-refractivity contribution in [3.63, 3.8) is 0 Å². The number of thioether (sulfide) groups is 1. The lowest BCUT2D eigenvalue weighted by atomic mass is 10.0. The van der Waals surface area contributed by atoms with Crippen molar-refractivity contribution in [3.8, 4) is 0 Å². The molecule has 114 valence electrons. The summed E-state index contributed by atoms with van der Waals surface area (Å²) in [4.78, 5) is 2.47. The molecule has 0 saturated carbocycles. The SMILES string of the molecule is CCC(N)C(SCCN(CC)CC)c1ccc(C)cc1. The topological polar surface area (TPSA) is 29.3 Å². The van der Waals surface area contributed by atoms with E-state index < -0.39 is 0 Å². The van der Waals surface area contributed by atoms with Crippen molar-refractivity contribution in [1.82, 2.24) is 4.90 Å². The maximum Gasteiger partial charge on any atom is 0.0448 e. The Balaban J connectivity index is 2.63. The minimum absolute atomic E-state index is 0.236. The summed E-state index contributed by atoms with van der Waals surface area (Å²) in [6.07, 6.45) is 1.02. The van der Waals surface area contributed by atoms with Gasteiger partial charge in [0.1, 0.15) is 0 Å². The van der Waals surface area contributed by atoms with Crippen LogP contribution in [0.3, 0.4) is 0 Å². The second-order valence-corrected chi connectivity index (χ2v) is 6.55. The molecule has 0 spiro atoms. The van der Waals surface area contributed by atoms with E-state index in [2.05, 4.69) is 56.9 Å². The molecule has 0 aliphatic heterocycles. The van der Waals surface area contributed by atoms with Gasteiger partial charge in [0.2, 0.25) is 0 Å². The summed E-state index contributed by atoms with van der Waals surface area (Å²) in [6, 6.07) is 9.09. The van der Waals surface area contributed by atoms with Crippen LogP contribution in [0, 0.1) is 6.92 Å². The van der Waals surface area contributed by atoms with E-state index in [0.717, 1.165) is 31.8 Å². The highest BCUT2D eigenvalue weighted by Crippen LogP contribution is 2.32. The first-order chi connectivity index (χ1) is 9.62. The van der Waals surface area contributed by atoms with Gasteiger partial charge in [0.25, 0.3) is 0 Å². The van der Waals surface area contributed by atoms with Crippen LogP contribution in [0.4, 0.5) is 0 Å². The van der Waals surface area contributed by atoms with Gasteiger partial charge in [0, 0.05) is 23.6 Å². The van der Waals surface area contributed by atoms with Crippen LogP contribution < -0.4 is 5.73 Å². The lowest BCUT2D eigenvalue weighted by molar-refractivity contribution is 0.323. The van der Waals surface area contributed by atoms with Crippen LogP contribution in [0.1, 0.15) is 43.6 Å². The molecule has 0 heterocycles. The number of hydrogen-bond donors (Lipinski definition) is 1. The van der Waals surface area contributed by atoms with E-state index in [1.54, 1.807) is 0 Å². The maximum absolute atomic E-state index is 6.33. The van der Waals surface area contributed by atoms with Gasteiger partial charge in [0.05, 0.1) is 0 Å². The number of rotatable bonds is 9. The zero-order valence-electron chi connectivity index (χ0n) is 13.4. The van der Waals surface area contributed by atoms with Crippen molar-refractivity contribution in [2.75, 3.05) is 25.4 Å². The Morgan fingerprint density at radius 1 is 1.10 bits per heavy atom. The average molecular weight is 295 g/mol. The second kappa shape index (κ2) is 9.43. The van der Waals surface area contributed by atoms with E-state index in [0.29, 0.717) is 5.25 Å². The molecule has 0 amide bonds. The molecule has 2 unspecified atom stereocenters. The van der Waals surface area contributed by atoms with Crippen molar-refractivity contribution in [1.29, 1.82) is 0 Å². The quantitative estimate of drug-likeness (QED) is 0.750. The molecule has 0 radical (unpaired) electrons. The van der Waals surface area contributed by atoms with E-state index in [9.17, 15) is 0 Å². The summed E-state index contributed by atoms with van der Waals surface area (Å²) in [5.41, 5.74) is 9.02. The Hall–Kier alpha value is -0.510. The van der Waals surface area contributed by atoms with Crippen LogP contribution in [0.15, 0.2) is 24.3 Å². The largest absolute Gasteiger partial charge is 0.326 e. The lowest BCUT2D eigenvalue weighted by Gasteiger charge is -2.25. The van der Waals surface area contributed by atoms with E-state index in [1.165, 1.54) is 11.1 Å². The predicted molar refractivity (Wildman–Crippen MR) is 92.4 cm³/mol. The normalized spacial score (nSPS) is 14.5. The minimum atomic E-state index is 0.236. The smallest absolute Gasteiger partial charge is 0.0448 e. The highest BCUT2D eigenvalue weighted by Gasteiger charge is 2.19. The molecule has 2 atom stereocenters. The summed E-state index contributed by atoms with van der Waals surface area (Å²) in [5, 5.41) is 0.413. The van der Waals surface area contributed by atoms with Crippen LogP contribution in [0.25, 0.3) is 0 Å². The van der Waals surface area contributed by atoms with Crippen molar-refractivity contribution in [2.45, 2.75) is 45.4 Å². The van der Waals surface area contributed by atoms with Gasteiger partial charge in [-0.25, -0.2) is 0 Å². The summed E-state index contributed by atoms with van der Waals surface area (Å²) in [5.74, 6) is 1.15. The van der Waals surface area contributed by atoms with Crippen molar-refractivity contribution in [3.05, 3.63) is 35.4 Å². The molecule has 0 aromatic heterocycles. The fourth-order valence-corrected chi connectivity index (χ4v) is 3.69. The van der Waals surface area contributed by atoms with E-state index in [1.807, 2.05) is 11.8 Å². The van der Waals surface area contributed by atoms with Crippen LogP contribution in [0.2, 0.25) is 0 Å². The maximum atomic E-state index is 6.33. The molecule has 1 aromatic carbocycles. The van der Waals surface area contributed by atoms with Gasteiger partial charge in [-0.15, -0.1) is 0 Å². The van der Waals surface area contributed by atoms with Gasteiger partial charge in [-0.05, 0) is 32.0 Å². The van der Waals surface area contributed by atoms with Crippen LogP contribution in [0.5, 0.6) is 0 Å². The van der Waals surface area contributed by atoms with Gasteiger partial charge in [0.15, 0.2) is 0 Å². The van der Waals surface area contributed by atoms with E-state index in [-0.39, 0.29) is 6.04 Å². The van der Waals surface area contributed by atoms with Gasteiger partial charge >= 0.3 is 0 Å². The summed E-state index contributed by atoms with van der Waals surface area (Å²) < 4.78 is 0. The first-order valence-electron chi connectivity index (χ1n) is 7.78. The van der Waals surface area contributed by atoms with Gasteiger partial charge in [-0.3, -0.25) is 0 Å². The summed E-state index contributed by atoms with van der Waals surface area (Å²) in [7, 11) is 0. The van der Waals surface area contributed by atoms with Gasteiger partial charge in [-0.2, -0.15) is 11.8 Å². The first kappa shape index (κ1) is 17.5. The predicted octanol–water partition coefficient (Wildman–Crippen LogP) is 3.85. The zero-order valence-corrected chi connectivity index (χ0v) is 14.2. The zero-order chi connectivity index (χ0) is 15.0. The number of hydrogen-bond acceptors (Lipinski definition) is 3. The highest BCUT2D eigenvalue weighted by atomic mass is 32.2. The lowest BCUT2D eigenvalue weighted by Crippen LogP contribution is -2.29. The van der Waals surface area contributed by atoms with E-state index in [4.69, 9.17) is 5.73 Å². The summed E-state index contributed by atoms with van der Waals surface area (Å²) >= 11 is 2.01. The van der Waals surface area contributed by atoms with Crippen molar-refractivity contribution in [2.24, 2.45) is 5.73 Å². The Morgan fingerprint density at radius 3 is 2.20 bits per heavy atom. The molecule has 2 nitrogen and oxygen atoms in total. The molecule has 0 bridgehead atoms. The molecular weight excluding hydrogens is 264 g/mol.